The molecule has 2 aliphatic heterocycles. The standard InChI is InChI=1S/C9H17NOS/c1-9(3-2-4-12-9)7-10-8-5-11-6-8/h8,10H,2-7H2,1H3. The summed E-state index contributed by atoms with van der Waals surface area (Å²) in [6, 6.07) is 0.642. The van der Waals surface area contributed by atoms with Crippen molar-refractivity contribution in [3.8, 4) is 0 Å². The van der Waals surface area contributed by atoms with Crippen molar-refractivity contribution in [2.45, 2.75) is 30.6 Å². The van der Waals surface area contributed by atoms with Crippen LogP contribution < -0.4 is 5.32 Å². The van der Waals surface area contributed by atoms with E-state index < -0.39 is 0 Å². The maximum absolute atomic E-state index is 5.11. The molecule has 0 aromatic carbocycles. The summed E-state index contributed by atoms with van der Waals surface area (Å²) in [5.74, 6) is 1.35. The zero-order valence-corrected chi connectivity index (χ0v) is 8.45. The van der Waals surface area contributed by atoms with E-state index in [0.717, 1.165) is 19.8 Å². The zero-order valence-electron chi connectivity index (χ0n) is 7.64. The molecule has 0 aromatic rings. The minimum atomic E-state index is 0.510. The smallest absolute Gasteiger partial charge is 0.0643 e. The summed E-state index contributed by atoms with van der Waals surface area (Å²) in [4.78, 5) is 0. The highest BCUT2D eigenvalue weighted by Gasteiger charge is 2.30. The Kier molecular flexibility index (Phi) is 2.63. The number of hydrogen-bond acceptors (Lipinski definition) is 3. The maximum atomic E-state index is 5.11. The van der Waals surface area contributed by atoms with Crippen molar-refractivity contribution in [1.82, 2.24) is 5.32 Å². The molecule has 3 heteroatoms. The van der Waals surface area contributed by atoms with Gasteiger partial charge in [-0.15, -0.1) is 0 Å². The van der Waals surface area contributed by atoms with E-state index in [1.165, 1.54) is 18.6 Å². The highest BCUT2D eigenvalue weighted by molar-refractivity contribution is 8.00. The molecule has 12 heavy (non-hydrogen) atoms. The van der Waals surface area contributed by atoms with Gasteiger partial charge in [0.2, 0.25) is 0 Å². The Bertz CT molecular complexity index is 153. The molecule has 1 atom stereocenters. The third-order valence-electron chi connectivity index (χ3n) is 2.70. The Morgan fingerprint density at radius 1 is 1.58 bits per heavy atom. The first kappa shape index (κ1) is 8.85. The molecule has 0 amide bonds. The summed E-state index contributed by atoms with van der Waals surface area (Å²) >= 11 is 2.12. The monoisotopic (exact) mass is 187 g/mol. The lowest BCUT2D eigenvalue weighted by Gasteiger charge is -2.31. The van der Waals surface area contributed by atoms with Crippen LogP contribution in [0.15, 0.2) is 0 Å². The van der Waals surface area contributed by atoms with Gasteiger partial charge in [-0.3, -0.25) is 0 Å². The molecule has 2 nitrogen and oxygen atoms in total. The van der Waals surface area contributed by atoms with Gasteiger partial charge in [0.05, 0.1) is 19.3 Å². The summed E-state index contributed by atoms with van der Waals surface area (Å²) in [7, 11) is 0. The Hall–Kier alpha value is 0.270. The van der Waals surface area contributed by atoms with Crippen LogP contribution in [0, 0.1) is 0 Å². The highest BCUT2D eigenvalue weighted by Crippen LogP contribution is 2.37. The maximum Gasteiger partial charge on any atom is 0.0643 e. The van der Waals surface area contributed by atoms with E-state index in [9.17, 15) is 0 Å². The van der Waals surface area contributed by atoms with Crippen LogP contribution in [-0.2, 0) is 4.74 Å². The van der Waals surface area contributed by atoms with Crippen LogP contribution in [0.2, 0.25) is 0 Å². The van der Waals surface area contributed by atoms with Crippen molar-refractivity contribution in [3.05, 3.63) is 0 Å². The molecule has 0 saturated carbocycles. The number of hydrogen-bond donors (Lipinski definition) is 1. The third kappa shape index (κ3) is 1.95. The predicted molar refractivity (Wildman–Crippen MR) is 52.7 cm³/mol. The molecule has 2 rings (SSSR count). The average molecular weight is 187 g/mol. The van der Waals surface area contributed by atoms with E-state index >= 15 is 0 Å². The van der Waals surface area contributed by atoms with E-state index in [1.54, 1.807) is 0 Å². The average Bonchev–Trinajstić information content (AvgIpc) is 2.33. The molecular weight excluding hydrogens is 170 g/mol. The first-order chi connectivity index (χ1) is 5.79. The predicted octanol–water partition coefficient (Wildman–Crippen LogP) is 1.26. The molecule has 0 bridgehead atoms. The quantitative estimate of drug-likeness (QED) is 0.719. The lowest BCUT2D eigenvalue weighted by molar-refractivity contribution is -0.00567. The van der Waals surface area contributed by atoms with Gasteiger partial charge in [0.25, 0.3) is 0 Å². The van der Waals surface area contributed by atoms with Crippen LogP contribution in [0.25, 0.3) is 0 Å². The molecule has 1 N–H and O–H groups in total. The van der Waals surface area contributed by atoms with Crippen molar-refractivity contribution < 1.29 is 4.74 Å². The van der Waals surface area contributed by atoms with Crippen LogP contribution in [0.5, 0.6) is 0 Å². The van der Waals surface area contributed by atoms with E-state index in [0.29, 0.717) is 10.8 Å². The SMILES string of the molecule is CC1(CNC2COC2)CCCS1. The summed E-state index contributed by atoms with van der Waals surface area (Å²) in [5, 5.41) is 3.56. The van der Waals surface area contributed by atoms with Crippen molar-refractivity contribution in [2.75, 3.05) is 25.5 Å². The van der Waals surface area contributed by atoms with Gasteiger partial charge in [0, 0.05) is 11.3 Å². The first-order valence-electron chi connectivity index (χ1n) is 4.74. The van der Waals surface area contributed by atoms with Crippen molar-refractivity contribution in [2.24, 2.45) is 0 Å². The lowest BCUT2D eigenvalue weighted by atomic mass is 10.1. The zero-order chi connectivity index (χ0) is 8.44. The van der Waals surface area contributed by atoms with Gasteiger partial charge >= 0.3 is 0 Å². The van der Waals surface area contributed by atoms with Crippen LogP contribution in [0.3, 0.4) is 0 Å². The molecule has 0 aliphatic carbocycles. The van der Waals surface area contributed by atoms with Crippen LogP contribution in [0.4, 0.5) is 0 Å². The van der Waals surface area contributed by atoms with E-state index in [1.807, 2.05) is 0 Å². The normalized spacial score (nSPS) is 36.8. The molecule has 2 fully saturated rings. The second-order valence-electron chi connectivity index (χ2n) is 4.02. The fourth-order valence-electron chi connectivity index (χ4n) is 1.69. The van der Waals surface area contributed by atoms with Crippen molar-refractivity contribution >= 4 is 11.8 Å². The third-order valence-corrected chi connectivity index (χ3v) is 4.24. The van der Waals surface area contributed by atoms with Crippen LogP contribution >= 0.6 is 11.8 Å². The molecule has 2 aliphatic rings. The molecular formula is C9H17NOS. The van der Waals surface area contributed by atoms with Crippen molar-refractivity contribution in [1.29, 1.82) is 0 Å². The topological polar surface area (TPSA) is 21.3 Å². The van der Waals surface area contributed by atoms with Gasteiger partial charge in [-0.25, -0.2) is 0 Å². The van der Waals surface area contributed by atoms with E-state index in [2.05, 4.69) is 24.0 Å². The van der Waals surface area contributed by atoms with Gasteiger partial charge < -0.3 is 10.1 Å². The van der Waals surface area contributed by atoms with Gasteiger partial charge in [0.1, 0.15) is 0 Å². The first-order valence-corrected chi connectivity index (χ1v) is 5.72. The van der Waals surface area contributed by atoms with Crippen molar-refractivity contribution in [3.63, 3.8) is 0 Å². The molecule has 2 saturated heterocycles. The molecule has 1 unspecified atom stereocenters. The Labute approximate surface area is 78.4 Å². The molecule has 0 spiro atoms. The number of ether oxygens (including phenoxy) is 1. The number of thioether (sulfide) groups is 1. The van der Waals surface area contributed by atoms with Gasteiger partial charge in [-0.1, -0.05) is 0 Å². The largest absolute Gasteiger partial charge is 0.378 e. The Morgan fingerprint density at radius 3 is 2.92 bits per heavy atom. The van der Waals surface area contributed by atoms with Crippen LogP contribution in [-0.4, -0.2) is 36.3 Å². The summed E-state index contributed by atoms with van der Waals surface area (Å²) in [6.45, 7) is 5.37. The second kappa shape index (κ2) is 3.56. The summed E-state index contributed by atoms with van der Waals surface area (Å²) in [6.07, 6.45) is 2.77. The Balaban J connectivity index is 1.70. The number of nitrogens with one attached hydrogen (secondary N) is 1. The van der Waals surface area contributed by atoms with Crippen LogP contribution in [0.1, 0.15) is 19.8 Å². The van der Waals surface area contributed by atoms with Gasteiger partial charge in [-0.2, -0.15) is 11.8 Å². The molecule has 0 aromatic heterocycles. The molecule has 2 heterocycles. The van der Waals surface area contributed by atoms with Gasteiger partial charge in [-0.05, 0) is 25.5 Å². The van der Waals surface area contributed by atoms with Gasteiger partial charge in [0.15, 0.2) is 0 Å². The summed E-state index contributed by atoms with van der Waals surface area (Å²) < 4.78 is 5.62. The Morgan fingerprint density at radius 2 is 2.42 bits per heavy atom. The van der Waals surface area contributed by atoms with E-state index in [4.69, 9.17) is 4.74 Å². The number of rotatable bonds is 3. The minimum Gasteiger partial charge on any atom is -0.378 e. The fourth-order valence-corrected chi connectivity index (χ4v) is 2.95. The lowest BCUT2D eigenvalue weighted by Crippen LogP contribution is -2.49. The molecule has 0 radical (unpaired) electrons. The minimum absolute atomic E-state index is 0.510. The van der Waals surface area contributed by atoms with E-state index in [-0.39, 0.29) is 0 Å². The highest BCUT2D eigenvalue weighted by atomic mass is 32.2. The summed E-state index contributed by atoms with van der Waals surface area (Å²) in [5.41, 5.74) is 0. The second-order valence-corrected chi connectivity index (χ2v) is 5.70. The fraction of sp³-hybridized carbons (Fsp3) is 1.00. The molecule has 70 valence electrons.